The number of hydrogen-bond donors (Lipinski definition) is 1. The van der Waals surface area contributed by atoms with Gasteiger partial charge in [-0.3, -0.25) is 4.21 Å². The molecule has 3 rings (SSSR count). The Labute approximate surface area is 129 Å². The van der Waals surface area contributed by atoms with Crippen LogP contribution < -0.4 is 5.32 Å². The monoisotopic (exact) mass is 307 g/mol. The number of ether oxygens (including phenoxy) is 1. The number of nitrogens with one attached hydrogen (secondary N) is 1. The van der Waals surface area contributed by atoms with Gasteiger partial charge in [-0.2, -0.15) is 0 Å². The van der Waals surface area contributed by atoms with E-state index in [1.54, 1.807) is 0 Å². The lowest BCUT2D eigenvalue weighted by Gasteiger charge is -2.35. The van der Waals surface area contributed by atoms with Gasteiger partial charge in [-0.25, -0.2) is 0 Å². The van der Waals surface area contributed by atoms with Crippen LogP contribution in [0.3, 0.4) is 0 Å². The van der Waals surface area contributed by atoms with Crippen LogP contribution in [0, 0.1) is 0 Å². The minimum Gasteiger partial charge on any atom is -0.377 e. The Morgan fingerprint density at radius 1 is 1.29 bits per heavy atom. The molecule has 0 aromatic heterocycles. The summed E-state index contributed by atoms with van der Waals surface area (Å²) in [4.78, 5) is 0. The topological polar surface area (TPSA) is 38.3 Å². The van der Waals surface area contributed by atoms with Gasteiger partial charge in [0.1, 0.15) is 0 Å². The Balaban J connectivity index is 1.86. The molecular weight excluding hydrogens is 282 g/mol. The molecule has 21 heavy (non-hydrogen) atoms. The molecule has 0 bridgehead atoms. The zero-order valence-electron chi connectivity index (χ0n) is 12.9. The fourth-order valence-electron chi connectivity index (χ4n) is 3.68. The van der Waals surface area contributed by atoms with E-state index >= 15 is 0 Å². The molecule has 5 atom stereocenters. The zero-order chi connectivity index (χ0) is 14.8. The van der Waals surface area contributed by atoms with Gasteiger partial charge in [0.05, 0.1) is 16.6 Å². The van der Waals surface area contributed by atoms with E-state index in [-0.39, 0.29) is 22.6 Å². The van der Waals surface area contributed by atoms with Crippen LogP contribution in [0.2, 0.25) is 0 Å². The van der Waals surface area contributed by atoms with Crippen molar-refractivity contribution >= 4 is 10.8 Å². The van der Waals surface area contributed by atoms with Gasteiger partial charge in [-0.05, 0) is 43.9 Å². The Morgan fingerprint density at radius 3 is 2.81 bits per heavy atom. The molecule has 1 N–H and O–H groups in total. The largest absolute Gasteiger partial charge is 0.377 e. The third-order valence-electron chi connectivity index (χ3n) is 4.79. The van der Waals surface area contributed by atoms with Crippen LogP contribution >= 0.6 is 0 Å². The van der Waals surface area contributed by atoms with Crippen LogP contribution in [0.4, 0.5) is 0 Å². The standard InChI is InChI=1S/C17H25NO2S/c1-3-18-17-14-7-5-4-6-13(14)8-9-16(17)21(19)15-10-11-20-12(15)2/h4-7,12,15-18H,3,8-11H2,1-2H3. The normalized spacial score (nSPS) is 33.6. The van der Waals surface area contributed by atoms with E-state index in [1.165, 1.54) is 11.1 Å². The molecule has 1 aromatic rings. The smallest absolute Gasteiger partial charge is 0.0691 e. The van der Waals surface area contributed by atoms with Gasteiger partial charge in [-0.15, -0.1) is 0 Å². The molecule has 0 radical (unpaired) electrons. The van der Waals surface area contributed by atoms with Crippen molar-refractivity contribution in [3.05, 3.63) is 35.4 Å². The second-order valence-corrected chi connectivity index (χ2v) is 7.91. The van der Waals surface area contributed by atoms with Crippen molar-refractivity contribution in [1.29, 1.82) is 0 Å². The summed E-state index contributed by atoms with van der Waals surface area (Å²) in [5.41, 5.74) is 2.75. The van der Waals surface area contributed by atoms with E-state index in [1.807, 2.05) is 0 Å². The van der Waals surface area contributed by atoms with E-state index < -0.39 is 10.8 Å². The summed E-state index contributed by atoms with van der Waals surface area (Å²) in [6.07, 6.45) is 3.11. The number of hydrogen-bond acceptors (Lipinski definition) is 3. The van der Waals surface area contributed by atoms with Crippen molar-refractivity contribution in [3.63, 3.8) is 0 Å². The third-order valence-corrected chi connectivity index (χ3v) is 7.11. The molecule has 1 aliphatic heterocycles. The quantitative estimate of drug-likeness (QED) is 0.929. The molecule has 116 valence electrons. The summed E-state index contributed by atoms with van der Waals surface area (Å²) in [5.74, 6) is 0. The van der Waals surface area contributed by atoms with Gasteiger partial charge in [-0.1, -0.05) is 31.2 Å². The maximum absolute atomic E-state index is 13.1. The number of aryl methyl sites for hydroxylation is 1. The number of fused-ring (bicyclic) bond motifs is 1. The SMILES string of the molecule is CCNC1c2ccccc2CCC1S(=O)C1CCOC1C. The molecule has 5 unspecified atom stereocenters. The molecule has 1 aliphatic carbocycles. The van der Waals surface area contributed by atoms with Crippen LogP contribution in [0.15, 0.2) is 24.3 Å². The molecule has 3 nitrogen and oxygen atoms in total. The second kappa shape index (κ2) is 6.59. The first-order valence-electron chi connectivity index (χ1n) is 8.04. The predicted molar refractivity (Wildman–Crippen MR) is 86.9 cm³/mol. The lowest BCUT2D eigenvalue weighted by atomic mass is 9.87. The van der Waals surface area contributed by atoms with Crippen molar-refractivity contribution in [1.82, 2.24) is 5.32 Å². The predicted octanol–water partition coefficient (Wildman–Crippen LogP) is 2.58. The van der Waals surface area contributed by atoms with Gasteiger partial charge in [0, 0.05) is 23.4 Å². The second-order valence-electron chi connectivity index (χ2n) is 6.04. The molecule has 4 heteroatoms. The summed E-state index contributed by atoms with van der Waals surface area (Å²) in [6, 6.07) is 8.82. The molecule has 1 fully saturated rings. The maximum Gasteiger partial charge on any atom is 0.0691 e. The fourth-order valence-corrected chi connectivity index (χ4v) is 5.78. The maximum atomic E-state index is 13.1. The fraction of sp³-hybridized carbons (Fsp3) is 0.647. The molecule has 2 aliphatic rings. The van der Waals surface area contributed by atoms with Gasteiger partial charge in [0.15, 0.2) is 0 Å². The highest BCUT2D eigenvalue weighted by atomic mass is 32.2. The van der Waals surface area contributed by atoms with E-state index in [2.05, 4.69) is 43.4 Å². The van der Waals surface area contributed by atoms with E-state index in [9.17, 15) is 4.21 Å². The molecule has 1 heterocycles. The summed E-state index contributed by atoms with van der Waals surface area (Å²) < 4.78 is 18.7. The highest BCUT2D eigenvalue weighted by molar-refractivity contribution is 7.86. The average Bonchev–Trinajstić information content (AvgIpc) is 2.93. The lowest BCUT2D eigenvalue weighted by molar-refractivity contribution is 0.126. The van der Waals surface area contributed by atoms with Gasteiger partial charge in [0.25, 0.3) is 0 Å². The van der Waals surface area contributed by atoms with Crippen molar-refractivity contribution in [3.8, 4) is 0 Å². The molecule has 1 saturated heterocycles. The minimum atomic E-state index is -0.838. The minimum absolute atomic E-state index is 0.130. The molecule has 0 amide bonds. The lowest BCUT2D eigenvalue weighted by Crippen LogP contribution is -2.42. The van der Waals surface area contributed by atoms with Crippen molar-refractivity contribution in [2.45, 2.75) is 55.8 Å². The summed E-state index contributed by atoms with van der Waals surface area (Å²) in [7, 11) is -0.838. The Morgan fingerprint density at radius 2 is 2.10 bits per heavy atom. The van der Waals surface area contributed by atoms with E-state index in [0.29, 0.717) is 0 Å². The Kier molecular flexibility index (Phi) is 4.77. The van der Waals surface area contributed by atoms with Crippen molar-refractivity contribution < 1.29 is 8.95 Å². The first-order chi connectivity index (χ1) is 10.2. The molecule has 1 aromatic carbocycles. The molecule has 0 spiro atoms. The van der Waals surface area contributed by atoms with Gasteiger partial charge in [0.2, 0.25) is 0 Å². The zero-order valence-corrected chi connectivity index (χ0v) is 13.7. The first-order valence-corrected chi connectivity index (χ1v) is 9.32. The molecule has 0 saturated carbocycles. The summed E-state index contributed by atoms with van der Waals surface area (Å²) in [6.45, 7) is 5.85. The van der Waals surface area contributed by atoms with Gasteiger partial charge < -0.3 is 10.1 Å². The van der Waals surface area contributed by atoms with Crippen LogP contribution in [-0.4, -0.2) is 34.0 Å². The van der Waals surface area contributed by atoms with Gasteiger partial charge >= 0.3 is 0 Å². The van der Waals surface area contributed by atoms with Crippen LogP contribution in [-0.2, 0) is 22.0 Å². The number of rotatable bonds is 4. The highest BCUT2D eigenvalue weighted by Crippen LogP contribution is 2.35. The average molecular weight is 307 g/mol. The Bertz CT molecular complexity index is 519. The van der Waals surface area contributed by atoms with Crippen molar-refractivity contribution in [2.75, 3.05) is 13.2 Å². The van der Waals surface area contributed by atoms with E-state index in [4.69, 9.17) is 4.74 Å². The first kappa shape index (κ1) is 15.2. The Hall–Kier alpha value is -0.710. The summed E-state index contributed by atoms with van der Waals surface area (Å²) in [5, 5.41) is 3.97. The van der Waals surface area contributed by atoms with E-state index in [0.717, 1.165) is 32.4 Å². The highest BCUT2D eigenvalue weighted by Gasteiger charge is 2.39. The molecular formula is C17H25NO2S. The third kappa shape index (κ3) is 2.94. The number of benzene rings is 1. The van der Waals surface area contributed by atoms with Crippen molar-refractivity contribution in [2.24, 2.45) is 0 Å². The van der Waals surface area contributed by atoms with Crippen LogP contribution in [0.25, 0.3) is 0 Å². The van der Waals surface area contributed by atoms with Crippen LogP contribution in [0.5, 0.6) is 0 Å². The van der Waals surface area contributed by atoms with Crippen LogP contribution in [0.1, 0.15) is 43.9 Å². The summed E-state index contributed by atoms with van der Waals surface area (Å²) >= 11 is 0.